The zero-order valence-electron chi connectivity index (χ0n) is 13.1. The molecule has 1 saturated heterocycles. The number of carbonyl (C=O) groups is 2. The van der Waals surface area contributed by atoms with E-state index in [1.54, 1.807) is 11.8 Å². The monoisotopic (exact) mass is 283 g/mol. The minimum atomic E-state index is -0.515. The van der Waals surface area contributed by atoms with Crippen molar-refractivity contribution in [3.63, 3.8) is 0 Å². The molecule has 5 nitrogen and oxygen atoms in total. The van der Waals surface area contributed by atoms with Gasteiger partial charge in [-0.3, -0.25) is 0 Å². The lowest BCUT2D eigenvalue weighted by Gasteiger charge is -2.36. The van der Waals surface area contributed by atoms with Crippen LogP contribution in [-0.2, 0) is 14.3 Å². The molecule has 0 radical (unpaired) electrons. The molecular formula is C15H25NO4. The first-order valence-corrected chi connectivity index (χ1v) is 7.11. The lowest BCUT2D eigenvalue weighted by molar-refractivity contribution is -0.137. The van der Waals surface area contributed by atoms with E-state index in [0.29, 0.717) is 13.2 Å². The quantitative estimate of drug-likeness (QED) is 0.577. The van der Waals surface area contributed by atoms with Crippen LogP contribution in [0.4, 0.5) is 4.79 Å². The van der Waals surface area contributed by atoms with Gasteiger partial charge in [0.05, 0.1) is 12.6 Å². The molecule has 5 heteroatoms. The zero-order chi connectivity index (χ0) is 15.3. The van der Waals surface area contributed by atoms with E-state index in [9.17, 15) is 9.59 Å². The molecule has 0 aromatic heterocycles. The molecule has 0 aromatic carbocycles. The number of amides is 1. The second-order valence-corrected chi connectivity index (χ2v) is 5.92. The molecule has 20 heavy (non-hydrogen) atoms. The fourth-order valence-corrected chi connectivity index (χ4v) is 2.15. The Balaban J connectivity index is 2.76. The van der Waals surface area contributed by atoms with Gasteiger partial charge in [-0.1, -0.05) is 0 Å². The minimum absolute atomic E-state index is 0.136. The molecule has 0 N–H and O–H groups in total. The topological polar surface area (TPSA) is 55.8 Å². The van der Waals surface area contributed by atoms with Gasteiger partial charge in [0.25, 0.3) is 0 Å². The lowest BCUT2D eigenvalue weighted by Crippen LogP contribution is -2.46. The summed E-state index contributed by atoms with van der Waals surface area (Å²) < 4.78 is 10.3. The number of piperidine rings is 1. The standard InChI is InChI=1S/C15H25NO4/c1-6-19-13(17)10-12-8-7-9-16(11(12)2)14(18)20-15(3,4)5/h10-11H,6-9H2,1-5H3. The summed E-state index contributed by atoms with van der Waals surface area (Å²) in [6.45, 7) is 10.2. The molecule has 1 amide bonds. The van der Waals surface area contributed by atoms with Crippen LogP contribution in [0.15, 0.2) is 11.6 Å². The van der Waals surface area contributed by atoms with Crippen molar-refractivity contribution in [3.8, 4) is 0 Å². The number of ether oxygens (including phenoxy) is 2. The normalized spacial score (nSPS) is 21.8. The molecule has 1 rings (SSSR count). The van der Waals surface area contributed by atoms with E-state index in [4.69, 9.17) is 9.47 Å². The fourth-order valence-electron chi connectivity index (χ4n) is 2.15. The van der Waals surface area contributed by atoms with Crippen LogP contribution in [-0.4, -0.2) is 41.8 Å². The summed E-state index contributed by atoms with van der Waals surface area (Å²) in [4.78, 5) is 25.3. The number of rotatable bonds is 2. The van der Waals surface area contributed by atoms with E-state index in [0.717, 1.165) is 18.4 Å². The van der Waals surface area contributed by atoms with Crippen molar-refractivity contribution in [3.05, 3.63) is 11.6 Å². The fraction of sp³-hybridized carbons (Fsp3) is 0.733. The van der Waals surface area contributed by atoms with Gasteiger partial charge in [-0.25, -0.2) is 9.59 Å². The van der Waals surface area contributed by atoms with Crippen LogP contribution in [0.25, 0.3) is 0 Å². The van der Waals surface area contributed by atoms with Crippen molar-refractivity contribution >= 4 is 12.1 Å². The van der Waals surface area contributed by atoms with Gasteiger partial charge < -0.3 is 14.4 Å². The van der Waals surface area contributed by atoms with Crippen molar-refractivity contribution in [2.75, 3.05) is 13.2 Å². The maximum Gasteiger partial charge on any atom is 0.410 e. The minimum Gasteiger partial charge on any atom is -0.463 e. The highest BCUT2D eigenvalue weighted by Gasteiger charge is 2.30. The van der Waals surface area contributed by atoms with E-state index in [-0.39, 0.29) is 18.1 Å². The zero-order valence-corrected chi connectivity index (χ0v) is 13.1. The largest absolute Gasteiger partial charge is 0.463 e. The molecule has 1 aliphatic rings. The van der Waals surface area contributed by atoms with Gasteiger partial charge in [0.15, 0.2) is 0 Å². The SMILES string of the molecule is CCOC(=O)C=C1CCCN(C(=O)OC(C)(C)C)C1C. The van der Waals surface area contributed by atoms with Crippen LogP contribution in [0.5, 0.6) is 0 Å². The predicted octanol–water partition coefficient (Wildman–Crippen LogP) is 2.90. The number of carbonyl (C=O) groups excluding carboxylic acids is 2. The highest BCUT2D eigenvalue weighted by atomic mass is 16.6. The van der Waals surface area contributed by atoms with Crippen molar-refractivity contribution in [2.24, 2.45) is 0 Å². The number of likely N-dealkylation sites (tertiary alicyclic amines) is 1. The average molecular weight is 283 g/mol. The molecule has 1 unspecified atom stereocenters. The summed E-state index contributed by atoms with van der Waals surface area (Å²) in [5.74, 6) is -0.347. The molecule has 1 heterocycles. The van der Waals surface area contributed by atoms with Crippen molar-refractivity contribution in [1.29, 1.82) is 0 Å². The predicted molar refractivity (Wildman–Crippen MR) is 76.4 cm³/mol. The summed E-state index contributed by atoms with van der Waals surface area (Å²) >= 11 is 0. The van der Waals surface area contributed by atoms with Crippen molar-refractivity contribution < 1.29 is 19.1 Å². The maximum atomic E-state index is 12.1. The smallest absolute Gasteiger partial charge is 0.410 e. The first kappa shape index (κ1) is 16.5. The van der Waals surface area contributed by atoms with Crippen LogP contribution in [0.1, 0.15) is 47.5 Å². The summed E-state index contributed by atoms with van der Waals surface area (Å²) in [5, 5.41) is 0. The van der Waals surface area contributed by atoms with Crippen LogP contribution in [0.3, 0.4) is 0 Å². The van der Waals surface area contributed by atoms with Gasteiger partial charge in [0, 0.05) is 12.6 Å². The number of hydrogen-bond donors (Lipinski definition) is 0. The van der Waals surface area contributed by atoms with Crippen LogP contribution >= 0.6 is 0 Å². The van der Waals surface area contributed by atoms with Gasteiger partial charge in [0.1, 0.15) is 5.60 Å². The first-order chi connectivity index (χ1) is 9.24. The van der Waals surface area contributed by atoms with Gasteiger partial charge in [-0.05, 0) is 53.0 Å². The number of hydrogen-bond acceptors (Lipinski definition) is 4. The third kappa shape index (κ3) is 4.87. The Hall–Kier alpha value is -1.52. The average Bonchev–Trinajstić information content (AvgIpc) is 2.29. The lowest BCUT2D eigenvalue weighted by atomic mass is 9.97. The summed E-state index contributed by atoms with van der Waals surface area (Å²) in [6, 6.07) is -0.136. The molecule has 1 atom stereocenters. The molecule has 0 aromatic rings. The van der Waals surface area contributed by atoms with E-state index < -0.39 is 5.60 Å². The van der Waals surface area contributed by atoms with E-state index in [1.807, 2.05) is 27.7 Å². The Morgan fingerprint density at radius 3 is 2.60 bits per heavy atom. The maximum absolute atomic E-state index is 12.1. The van der Waals surface area contributed by atoms with Gasteiger partial charge in [-0.2, -0.15) is 0 Å². The Kier molecular flexibility index (Phi) is 5.60. The molecule has 114 valence electrons. The third-order valence-corrected chi connectivity index (χ3v) is 3.09. The van der Waals surface area contributed by atoms with Gasteiger partial charge >= 0.3 is 12.1 Å². The Morgan fingerprint density at radius 2 is 2.05 bits per heavy atom. The highest BCUT2D eigenvalue weighted by molar-refractivity contribution is 5.83. The molecular weight excluding hydrogens is 258 g/mol. The molecule has 0 aliphatic carbocycles. The molecule has 1 aliphatic heterocycles. The van der Waals surface area contributed by atoms with E-state index in [1.165, 1.54) is 6.08 Å². The second-order valence-electron chi connectivity index (χ2n) is 5.92. The Morgan fingerprint density at radius 1 is 1.40 bits per heavy atom. The van der Waals surface area contributed by atoms with E-state index >= 15 is 0 Å². The number of esters is 1. The Labute approximate surface area is 120 Å². The summed E-state index contributed by atoms with van der Waals surface area (Å²) in [6.07, 6.45) is 2.80. The van der Waals surface area contributed by atoms with Crippen LogP contribution < -0.4 is 0 Å². The van der Waals surface area contributed by atoms with Crippen LogP contribution in [0, 0.1) is 0 Å². The van der Waals surface area contributed by atoms with Gasteiger partial charge in [0.2, 0.25) is 0 Å². The molecule has 1 fully saturated rings. The second kappa shape index (κ2) is 6.77. The summed E-state index contributed by atoms with van der Waals surface area (Å²) in [5.41, 5.74) is 0.403. The van der Waals surface area contributed by atoms with Crippen LogP contribution in [0.2, 0.25) is 0 Å². The van der Waals surface area contributed by atoms with Gasteiger partial charge in [-0.15, -0.1) is 0 Å². The van der Waals surface area contributed by atoms with Crippen molar-refractivity contribution in [2.45, 2.75) is 59.1 Å². The summed E-state index contributed by atoms with van der Waals surface area (Å²) in [7, 11) is 0. The van der Waals surface area contributed by atoms with Crippen molar-refractivity contribution in [1.82, 2.24) is 4.90 Å². The first-order valence-electron chi connectivity index (χ1n) is 7.11. The molecule has 0 saturated carbocycles. The third-order valence-electron chi connectivity index (χ3n) is 3.09. The molecule has 0 spiro atoms. The number of nitrogens with zero attached hydrogens (tertiary/aromatic N) is 1. The Bertz CT molecular complexity index is 395. The highest BCUT2D eigenvalue weighted by Crippen LogP contribution is 2.24. The van der Waals surface area contributed by atoms with E-state index in [2.05, 4.69) is 0 Å². The molecule has 0 bridgehead atoms.